The number of hydrogen-bond donors (Lipinski definition) is 3. The zero-order valence-electron chi connectivity index (χ0n) is 9.48. The van der Waals surface area contributed by atoms with E-state index in [0.29, 0.717) is 13.2 Å². The van der Waals surface area contributed by atoms with Crippen LogP contribution in [0.3, 0.4) is 0 Å². The van der Waals surface area contributed by atoms with Gasteiger partial charge in [0, 0.05) is 19.1 Å². The smallest absolute Gasteiger partial charge is 0.225 e. The van der Waals surface area contributed by atoms with Crippen LogP contribution in [-0.2, 0) is 9.53 Å². The highest BCUT2D eigenvalue weighted by Crippen LogP contribution is 2.13. The van der Waals surface area contributed by atoms with Crippen LogP contribution in [-0.4, -0.2) is 36.7 Å². The summed E-state index contributed by atoms with van der Waals surface area (Å²) < 4.78 is 5.23. The van der Waals surface area contributed by atoms with Gasteiger partial charge in [-0.2, -0.15) is 0 Å². The molecule has 2 atom stereocenters. The van der Waals surface area contributed by atoms with Gasteiger partial charge in [-0.25, -0.2) is 0 Å². The van der Waals surface area contributed by atoms with E-state index in [1.165, 1.54) is 0 Å². The maximum absolute atomic E-state index is 11.7. The predicted molar refractivity (Wildman–Crippen MR) is 59.1 cm³/mol. The molecule has 2 unspecified atom stereocenters. The van der Waals surface area contributed by atoms with Gasteiger partial charge in [0.1, 0.15) is 5.84 Å². The molecule has 1 saturated heterocycles. The van der Waals surface area contributed by atoms with Gasteiger partial charge < -0.3 is 21.0 Å². The summed E-state index contributed by atoms with van der Waals surface area (Å²) in [7, 11) is 0. The van der Waals surface area contributed by atoms with Crippen LogP contribution in [0, 0.1) is 11.8 Å². The maximum Gasteiger partial charge on any atom is 0.225 e. The van der Waals surface area contributed by atoms with E-state index in [0.717, 1.165) is 19.4 Å². The van der Waals surface area contributed by atoms with Gasteiger partial charge >= 0.3 is 0 Å². The molecule has 4 N–H and O–H groups in total. The molecular weight excluding hydrogens is 210 g/mol. The van der Waals surface area contributed by atoms with Crippen LogP contribution < -0.4 is 11.1 Å². The molecule has 0 radical (unpaired) electrons. The van der Waals surface area contributed by atoms with Crippen LogP contribution in [0.1, 0.15) is 19.8 Å². The SMILES string of the molecule is CC(CNC(=O)C1CCCOC1)C(N)=NO. The standard InChI is InChI=1S/C10H19N3O3/c1-7(9(11)13-15)5-12-10(14)8-3-2-4-16-6-8/h7-8,15H,2-6H2,1H3,(H2,11,13)(H,12,14). The summed E-state index contributed by atoms with van der Waals surface area (Å²) in [5, 5.41) is 14.1. The number of ether oxygens (including phenoxy) is 1. The molecular formula is C10H19N3O3. The summed E-state index contributed by atoms with van der Waals surface area (Å²) >= 11 is 0. The first-order valence-corrected chi connectivity index (χ1v) is 5.48. The molecule has 1 amide bonds. The van der Waals surface area contributed by atoms with E-state index in [2.05, 4.69) is 10.5 Å². The molecule has 6 nitrogen and oxygen atoms in total. The van der Waals surface area contributed by atoms with E-state index in [1.54, 1.807) is 6.92 Å². The second-order valence-electron chi connectivity index (χ2n) is 4.09. The van der Waals surface area contributed by atoms with Gasteiger partial charge in [-0.3, -0.25) is 4.79 Å². The lowest BCUT2D eigenvalue weighted by atomic mass is 10.0. The fraction of sp³-hybridized carbons (Fsp3) is 0.800. The topological polar surface area (TPSA) is 96.9 Å². The van der Waals surface area contributed by atoms with E-state index in [-0.39, 0.29) is 23.6 Å². The molecule has 1 heterocycles. The van der Waals surface area contributed by atoms with Crippen molar-refractivity contribution in [2.75, 3.05) is 19.8 Å². The predicted octanol–water partition coefficient (Wildman–Crippen LogP) is -0.0883. The lowest BCUT2D eigenvalue weighted by molar-refractivity contribution is -0.129. The lowest BCUT2D eigenvalue weighted by Crippen LogP contribution is -2.40. The zero-order chi connectivity index (χ0) is 12.0. The van der Waals surface area contributed by atoms with Gasteiger partial charge in [-0.15, -0.1) is 0 Å². The quantitative estimate of drug-likeness (QED) is 0.272. The van der Waals surface area contributed by atoms with Crippen molar-refractivity contribution in [3.63, 3.8) is 0 Å². The van der Waals surface area contributed by atoms with E-state index in [1.807, 2.05) is 0 Å². The Morgan fingerprint density at radius 3 is 3.06 bits per heavy atom. The Balaban J connectivity index is 2.28. The second-order valence-corrected chi connectivity index (χ2v) is 4.09. The Hall–Kier alpha value is -1.30. The van der Waals surface area contributed by atoms with Crippen LogP contribution in [0.5, 0.6) is 0 Å². The average molecular weight is 229 g/mol. The van der Waals surface area contributed by atoms with Crippen molar-refractivity contribution in [2.45, 2.75) is 19.8 Å². The molecule has 6 heteroatoms. The van der Waals surface area contributed by atoms with Crippen LogP contribution >= 0.6 is 0 Å². The first-order valence-electron chi connectivity index (χ1n) is 5.48. The fourth-order valence-electron chi connectivity index (χ4n) is 1.55. The highest BCUT2D eigenvalue weighted by atomic mass is 16.5. The minimum absolute atomic E-state index is 0.0164. The van der Waals surface area contributed by atoms with Gasteiger partial charge in [-0.1, -0.05) is 12.1 Å². The highest BCUT2D eigenvalue weighted by molar-refractivity contribution is 5.83. The van der Waals surface area contributed by atoms with Crippen molar-refractivity contribution in [1.82, 2.24) is 5.32 Å². The van der Waals surface area contributed by atoms with Crippen LogP contribution in [0.15, 0.2) is 5.16 Å². The third-order valence-corrected chi connectivity index (χ3v) is 2.73. The molecule has 1 rings (SSSR count). The minimum atomic E-state index is -0.168. The summed E-state index contributed by atoms with van der Waals surface area (Å²) in [5.74, 6) is -0.121. The molecule has 16 heavy (non-hydrogen) atoms. The molecule has 0 spiro atoms. The number of amides is 1. The first-order chi connectivity index (χ1) is 7.65. The van der Waals surface area contributed by atoms with E-state index in [4.69, 9.17) is 15.7 Å². The third kappa shape index (κ3) is 3.69. The Labute approximate surface area is 94.8 Å². The minimum Gasteiger partial charge on any atom is -0.409 e. The Morgan fingerprint density at radius 2 is 2.50 bits per heavy atom. The number of nitrogens with zero attached hydrogens (tertiary/aromatic N) is 1. The monoisotopic (exact) mass is 229 g/mol. The van der Waals surface area contributed by atoms with Gasteiger partial charge in [0.2, 0.25) is 5.91 Å². The molecule has 92 valence electrons. The van der Waals surface area contributed by atoms with Crippen LogP contribution in [0.4, 0.5) is 0 Å². The molecule has 0 aromatic carbocycles. The molecule has 0 aromatic heterocycles. The first kappa shape index (κ1) is 12.8. The Kier molecular flexibility index (Phi) is 5.04. The van der Waals surface area contributed by atoms with E-state index in [9.17, 15) is 4.79 Å². The normalized spacial score (nSPS) is 23.8. The number of rotatable bonds is 4. The van der Waals surface area contributed by atoms with Crippen molar-refractivity contribution in [1.29, 1.82) is 0 Å². The van der Waals surface area contributed by atoms with Crippen LogP contribution in [0.25, 0.3) is 0 Å². The fourth-order valence-corrected chi connectivity index (χ4v) is 1.55. The largest absolute Gasteiger partial charge is 0.409 e. The van der Waals surface area contributed by atoms with Crippen molar-refractivity contribution in [3.8, 4) is 0 Å². The van der Waals surface area contributed by atoms with Gasteiger partial charge in [-0.05, 0) is 12.8 Å². The van der Waals surface area contributed by atoms with Crippen molar-refractivity contribution < 1.29 is 14.7 Å². The number of carbonyl (C=O) groups excluding carboxylic acids is 1. The number of amidine groups is 1. The third-order valence-electron chi connectivity index (χ3n) is 2.73. The van der Waals surface area contributed by atoms with Gasteiger partial charge in [0.05, 0.1) is 12.5 Å². The Morgan fingerprint density at radius 1 is 1.75 bits per heavy atom. The van der Waals surface area contributed by atoms with Gasteiger partial charge in [0.25, 0.3) is 0 Å². The number of hydrogen-bond acceptors (Lipinski definition) is 4. The lowest BCUT2D eigenvalue weighted by Gasteiger charge is -2.22. The number of nitrogens with one attached hydrogen (secondary N) is 1. The molecule has 0 aliphatic carbocycles. The van der Waals surface area contributed by atoms with Crippen molar-refractivity contribution >= 4 is 11.7 Å². The number of carbonyl (C=O) groups is 1. The Bertz CT molecular complexity index is 262. The number of oxime groups is 1. The average Bonchev–Trinajstić information content (AvgIpc) is 2.35. The van der Waals surface area contributed by atoms with Gasteiger partial charge in [0.15, 0.2) is 0 Å². The molecule has 0 aromatic rings. The summed E-state index contributed by atoms with van der Waals surface area (Å²) in [4.78, 5) is 11.7. The van der Waals surface area contributed by atoms with Crippen LogP contribution in [0.2, 0.25) is 0 Å². The summed E-state index contributed by atoms with van der Waals surface area (Å²) in [5.41, 5.74) is 5.41. The zero-order valence-corrected chi connectivity index (χ0v) is 9.48. The van der Waals surface area contributed by atoms with E-state index < -0.39 is 0 Å². The van der Waals surface area contributed by atoms with E-state index >= 15 is 0 Å². The molecule has 0 bridgehead atoms. The molecule has 1 aliphatic heterocycles. The maximum atomic E-state index is 11.7. The summed E-state index contributed by atoms with van der Waals surface area (Å²) in [6.45, 7) is 3.39. The number of nitrogens with two attached hydrogens (primary N) is 1. The summed E-state index contributed by atoms with van der Waals surface area (Å²) in [6, 6.07) is 0. The van der Waals surface area contributed by atoms with Crippen molar-refractivity contribution in [2.24, 2.45) is 22.7 Å². The highest BCUT2D eigenvalue weighted by Gasteiger charge is 2.22. The summed E-state index contributed by atoms with van der Waals surface area (Å²) in [6.07, 6.45) is 1.79. The van der Waals surface area contributed by atoms with Crippen molar-refractivity contribution in [3.05, 3.63) is 0 Å². The molecule has 0 saturated carbocycles. The molecule has 1 aliphatic rings. The molecule has 1 fully saturated rings. The second kappa shape index (κ2) is 6.32.